The lowest BCUT2D eigenvalue weighted by Gasteiger charge is -2.30. The molecule has 1 aromatic carbocycles. The van der Waals surface area contributed by atoms with Gasteiger partial charge in [0.15, 0.2) is 0 Å². The average molecular weight is 342 g/mol. The van der Waals surface area contributed by atoms with Crippen LogP contribution in [0.15, 0.2) is 24.3 Å². The van der Waals surface area contributed by atoms with E-state index in [2.05, 4.69) is 32.6 Å². The van der Waals surface area contributed by atoms with Gasteiger partial charge in [-0.15, -0.1) is 0 Å². The van der Waals surface area contributed by atoms with Gasteiger partial charge in [0.2, 0.25) is 0 Å². The Labute approximate surface area is 140 Å². The van der Waals surface area contributed by atoms with Crippen molar-refractivity contribution in [3.63, 3.8) is 0 Å². The summed E-state index contributed by atoms with van der Waals surface area (Å²) in [4.78, 5) is 2.30. The highest BCUT2D eigenvalue weighted by molar-refractivity contribution is 7.52. The molecule has 132 valence electrons. The molecule has 0 aliphatic carbocycles. The Morgan fingerprint density at radius 3 is 2.09 bits per heavy atom. The first-order valence-electron chi connectivity index (χ1n) is 8.18. The lowest BCUT2D eigenvalue weighted by atomic mass is 10.1. The maximum atomic E-state index is 12.3. The molecule has 0 spiro atoms. The molecular formula is C17H31N2O3P. The predicted octanol–water partition coefficient (Wildman–Crippen LogP) is 3.79. The largest absolute Gasteiger partial charge is 0.399 e. The van der Waals surface area contributed by atoms with Gasteiger partial charge in [-0.25, -0.2) is 0 Å². The van der Waals surface area contributed by atoms with Crippen molar-refractivity contribution in [3.8, 4) is 0 Å². The van der Waals surface area contributed by atoms with Crippen LogP contribution in [0.1, 0.15) is 33.3 Å². The van der Waals surface area contributed by atoms with Crippen molar-refractivity contribution < 1.29 is 13.6 Å². The summed E-state index contributed by atoms with van der Waals surface area (Å²) >= 11 is 0. The third kappa shape index (κ3) is 7.98. The van der Waals surface area contributed by atoms with Gasteiger partial charge in [0.1, 0.15) is 0 Å². The van der Waals surface area contributed by atoms with Crippen LogP contribution in [0.25, 0.3) is 0 Å². The molecule has 0 radical (unpaired) electrons. The summed E-state index contributed by atoms with van der Waals surface area (Å²) < 4.78 is 23.2. The molecule has 6 heteroatoms. The SMILES string of the molecule is CC(C)N(CCOP(C)(=O)OCCc1ccc(N)cc1)C(C)C. The first-order valence-corrected chi connectivity index (χ1v) is 10.2. The Bertz CT molecular complexity index is 495. The van der Waals surface area contributed by atoms with Gasteiger partial charge in [-0.2, -0.15) is 0 Å². The molecule has 1 rings (SSSR count). The minimum absolute atomic E-state index is 0.371. The lowest BCUT2D eigenvalue weighted by molar-refractivity contribution is 0.129. The summed E-state index contributed by atoms with van der Waals surface area (Å²) in [6.45, 7) is 11.6. The van der Waals surface area contributed by atoms with Gasteiger partial charge in [0, 0.05) is 31.0 Å². The Morgan fingerprint density at radius 1 is 1.04 bits per heavy atom. The summed E-state index contributed by atoms with van der Waals surface area (Å²) in [5.41, 5.74) is 7.48. The van der Waals surface area contributed by atoms with Gasteiger partial charge in [-0.05, 0) is 51.8 Å². The zero-order chi connectivity index (χ0) is 17.5. The van der Waals surface area contributed by atoms with E-state index >= 15 is 0 Å². The van der Waals surface area contributed by atoms with Crippen molar-refractivity contribution in [2.24, 2.45) is 0 Å². The van der Waals surface area contributed by atoms with E-state index in [1.807, 2.05) is 24.3 Å². The maximum absolute atomic E-state index is 12.3. The predicted molar refractivity (Wildman–Crippen MR) is 97.0 cm³/mol. The summed E-state index contributed by atoms with van der Waals surface area (Å²) in [6.07, 6.45) is 0.686. The molecule has 2 N–H and O–H groups in total. The average Bonchev–Trinajstić information content (AvgIpc) is 2.44. The highest BCUT2D eigenvalue weighted by Gasteiger charge is 2.19. The molecule has 1 atom stereocenters. The van der Waals surface area contributed by atoms with Crippen molar-refractivity contribution in [1.82, 2.24) is 4.90 Å². The lowest BCUT2D eigenvalue weighted by Crippen LogP contribution is -2.39. The number of nitrogens with two attached hydrogens (primary N) is 1. The number of rotatable bonds is 10. The van der Waals surface area contributed by atoms with Crippen LogP contribution in [0.3, 0.4) is 0 Å². The van der Waals surface area contributed by atoms with Gasteiger partial charge < -0.3 is 14.8 Å². The molecule has 0 amide bonds. The molecule has 1 unspecified atom stereocenters. The monoisotopic (exact) mass is 342 g/mol. The molecule has 0 fully saturated rings. The molecule has 0 aliphatic heterocycles. The van der Waals surface area contributed by atoms with Crippen LogP contribution in [0, 0.1) is 0 Å². The smallest absolute Gasteiger partial charge is 0.327 e. The van der Waals surface area contributed by atoms with E-state index in [0.717, 1.165) is 17.8 Å². The van der Waals surface area contributed by atoms with Crippen LogP contribution >= 0.6 is 7.60 Å². The normalized spacial score (nSPS) is 14.6. The van der Waals surface area contributed by atoms with Gasteiger partial charge in [-0.1, -0.05) is 12.1 Å². The van der Waals surface area contributed by atoms with Gasteiger partial charge >= 0.3 is 7.60 Å². The number of hydrogen-bond donors (Lipinski definition) is 1. The van der Waals surface area contributed by atoms with Gasteiger partial charge in [0.25, 0.3) is 0 Å². The Balaban J connectivity index is 2.32. The fraction of sp³-hybridized carbons (Fsp3) is 0.647. The van der Waals surface area contributed by atoms with Crippen molar-refractivity contribution >= 4 is 13.3 Å². The van der Waals surface area contributed by atoms with E-state index in [9.17, 15) is 4.57 Å². The number of hydrogen-bond acceptors (Lipinski definition) is 5. The van der Waals surface area contributed by atoms with Crippen LogP contribution in [0.5, 0.6) is 0 Å². The molecule has 0 aliphatic rings. The van der Waals surface area contributed by atoms with Crippen LogP contribution in [-0.2, 0) is 20.0 Å². The molecule has 23 heavy (non-hydrogen) atoms. The second-order valence-electron chi connectivity index (χ2n) is 6.35. The van der Waals surface area contributed by atoms with E-state index < -0.39 is 7.60 Å². The minimum atomic E-state index is -3.01. The number of nitrogen functional groups attached to an aromatic ring is 1. The van der Waals surface area contributed by atoms with E-state index in [4.69, 9.17) is 14.8 Å². The molecule has 1 aromatic rings. The Hall–Kier alpha value is -0.870. The summed E-state index contributed by atoms with van der Waals surface area (Å²) in [5.74, 6) is 0. The van der Waals surface area contributed by atoms with Crippen LogP contribution in [0.4, 0.5) is 5.69 Å². The second kappa shape index (κ2) is 9.43. The molecule has 0 saturated heterocycles. The third-order valence-corrected chi connectivity index (χ3v) is 5.00. The van der Waals surface area contributed by atoms with E-state index in [1.165, 1.54) is 6.66 Å². The first kappa shape index (κ1) is 20.2. The molecule has 0 aromatic heterocycles. The molecule has 0 heterocycles. The fourth-order valence-corrected chi connectivity index (χ4v) is 3.39. The number of anilines is 1. The minimum Gasteiger partial charge on any atom is -0.399 e. The standard InChI is InChI=1S/C17H31N2O3P/c1-14(2)19(15(3)4)11-13-22-23(5,20)21-12-10-16-6-8-17(18)9-7-16/h6-9,14-15H,10-13,18H2,1-5H3. The van der Waals surface area contributed by atoms with Gasteiger partial charge in [0.05, 0.1) is 13.2 Å². The zero-order valence-corrected chi connectivity index (χ0v) is 15.9. The third-order valence-electron chi connectivity index (χ3n) is 3.70. The van der Waals surface area contributed by atoms with Gasteiger partial charge in [-0.3, -0.25) is 9.46 Å². The van der Waals surface area contributed by atoms with Crippen LogP contribution in [-0.4, -0.2) is 43.4 Å². The maximum Gasteiger partial charge on any atom is 0.327 e. The molecule has 0 bridgehead atoms. The quantitative estimate of drug-likeness (QED) is 0.518. The summed E-state index contributed by atoms with van der Waals surface area (Å²) in [5, 5.41) is 0. The Kier molecular flexibility index (Phi) is 8.27. The molecule has 0 saturated carbocycles. The summed E-state index contributed by atoms with van der Waals surface area (Å²) in [7, 11) is -3.01. The molecule has 5 nitrogen and oxygen atoms in total. The highest BCUT2D eigenvalue weighted by atomic mass is 31.2. The summed E-state index contributed by atoms with van der Waals surface area (Å²) in [6, 6.07) is 8.46. The van der Waals surface area contributed by atoms with Crippen LogP contribution < -0.4 is 5.73 Å². The highest BCUT2D eigenvalue weighted by Crippen LogP contribution is 2.43. The van der Waals surface area contributed by atoms with E-state index in [1.54, 1.807) is 0 Å². The van der Waals surface area contributed by atoms with E-state index in [0.29, 0.717) is 31.7 Å². The number of nitrogens with zero attached hydrogens (tertiary/aromatic N) is 1. The topological polar surface area (TPSA) is 64.8 Å². The second-order valence-corrected chi connectivity index (χ2v) is 8.41. The zero-order valence-electron chi connectivity index (χ0n) is 15.0. The van der Waals surface area contributed by atoms with E-state index in [-0.39, 0.29) is 0 Å². The van der Waals surface area contributed by atoms with Crippen molar-refractivity contribution in [3.05, 3.63) is 29.8 Å². The fourth-order valence-electron chi connectivity index (χ4n) is 2.48. The Morgan fingerprint density at radius 2 is 1.57 bits per heavy atom. The first-order chi connectivity index (χ1) is 10.7. The number of benzene rings is 1. The van der Waals surface area contributed by atoms with Crippen molar-refractivity contribution in [1.29, 1.82) is 0 Å². The van der Waals surface area contributed by atoms with Crippen molar-refractivity contribution in [2.45, 2.75) is 46.2 Å². The van der Waals surface area contributed by atoms with Crippen LogP contribution in [0.2, 0.25) is 0 Å². The molecular weight excluding hydrogens is 311 g/mol. The van der Waals surface area contributed by atoms with Crippen molar-refractivity contribution in [2.75, 3.05) is 32.2 Å².